The van der Waals surface area contributed by atoms with Gasteiger partial charge >= 0.3 is 0 Å². The first-order chi connectivity index (χ1) is 18.5. The average molecular weight is 510 g/mol. The molecule has 0 amide bonds. The van der Waals surface area contributed by atoms with Crippen molar-refractivity contribution in [1.29, 1.82) is 0 Å². The molecule has 4 aromatic carbocycles. The highest BCUT2D eigenvalue weighted by molar-refractivity contribution is 5.86. The third-order valence-corrected chi connectivity index (χ3v) is 7.69. The van der Waals surface area contributed by atoms with E-state index in [4.69, 9.17) is 0 Å². The highest BCUT2D eigenvalue weighted by atomic mass is 14.7. The zero-order valence-electron chi connectivity index (χ0n) is 24.3. The summed E-state index contributed by atoms with van der Waals surface area (Å²) in [6.07, 6.45) is 1.85. The van der Waals surface area contributed by atoms with Gasteiger partial charge in [0.05, 0.1) is 5.69 Å². The zero-order valence-corrected chi connectivity index (χ0v) is 24.3. The predicted molar refractivity (Wildman–Crippen MR) is 168 cm³/mol. The third-order valence-electron chi connectivity index (χ3n) is 7.69. The van der Waals surface area contributed by atoms with Crippen molar-refractivity contribution in [2.75, 3.05) is 0 Å². The van der Waals surface area contributed by atoms with E-state index in [1.807, 2.05) is 18.3 Å². The van der Waals surface area contributed by atoms with Gasteiger partial charge in [0.15, 0.2) is 0 Å². The van der Waals surface area contributed by atoms with Crippen molar-refractivity contribution in [3.8, 4) is 44.6 Å². The molecule has 1 heterocycles. The van der Waals surface area contributed by atoms with E-state index in [0.29, 0.717) is 0 Å². The van der Waals surface area contributed by atoms with Crippen LogP contribution in [-0.4, -0.2) is 4.98 Å². The minimum Gasteiger partial charge on any atom is -0.256 e. The van der Waals surface area contributed by atoms with Crippen molar-refractivity contribution in [2.45, 2.75) is 59.3 Å². The van der Waals surface area contributed by atoms with E-state index in [2.05, 4.69) is 144 Å². The maximum atomic E-state index is 4.58. The Bertz CT molecular complexity index is 1500. The van der Waals surface area contributed by atoms with Gasteiger partial charge in [-0.25, -0.2) is 0 Å². The van der Waals surface area contributed by atoms with Gasteiger partial charge in [-0.05, 0) is 98.2 Å². The normalized spacial score (nSPS) is 12.0. The quantitative estimate of drug-likeness (QED) is 0.235. The molecule has 0 radical (unpaired) electrons. The van der Waals surface area contributed by atoms with Gasteiger partial charge in [0.1, 0.15) is 0 Å². The summed E-state index contributed by atoms with van der Waals surface area (Å²) >= 11 is 0. The maximum absolute atomic E-state index is 4.58. The van der Waals surface area contributed by atoms with Crippen LogP contribution in [0.25, 0.3) is 44.6 Å². The van der Waals surface area contributed by atoms with E-state index < -0.39 is 0 Å². The lowest BCUT2D eigenvalue weighted by Gasteiger charge is -2.21. The molecule has 39 heavy (non-hydrogen) atoms. The van der Waals surface area contributed by atoms with Crippen LogP contribution in [0.5, 0.6) is 0 Å². The first-order valence-corrected chi connectivity index (χ1v) is 13.9. The molecule has 0 bridgehead atoms. The van der Waals surface area contributed by atoms with Crippen molar-refractivity contribution >= 4 is 0 Å². The fourth-order valence-electron chi connectivity index (χ4n) is 5.17. The Hall–Kier alpha value is -3.97. The van der Waals surface area contributed by atoms with E-state index in [0.717, 1.165) is 11.3 Å². The molecule has 0 aliphatic heterocycles. The molecule has 196 valence electrons. The molecule has 0 atom stereocenters. The van der Waals surface area contributed by atoms with Gasteiger partial charge in [0, 0.05) is 11.8 Å². The summed E-state index contributed by atoms with van der Waals surface area (Å²) in [5, 5.41) is 0. The Morgan fingerprint density at radius 2 is 0.974 bits per heavy atom. The molecule has 0 aliphatic rings. The van der Waals surface area contributed by atoms with Gasteiger partial charge in [-0.2, -0.15) is 0 Å². The molecule has 1 nitrogen and oxygen atoms in total. The molecule has 1 aromatic heterocycles. The average Bonchev–Trinajstić information content (AvgIpc) is 2.93. The van der Waals surface area contributed by atoms with Crippen LogP contribution < -0.4 is 0 Å². The lowest BCUT2D eigenvalue weighted by Crippen LogP contribution is -2.10. The van der Waals surface area contributed by atoms with Crippen LogP contribution in [0, 0.1) is 6.92 Å². The van der Waals surface area contributed by atoms with E-state index in [1.165, 1.54) is 50.1 Å². The number of hydrogen-bond donors (Lipinski definition) is 0. The summed E-state index contributed by atoms with van der Waals surface area (Å²) in [5.41, 5.74) is 13.8. The summed E-state index contributed by atoms with van der Waals surface area (Å²) < 4.78 is 0. The number of rotatable bonds is 4. The molecule has 0 saturated heterocycles. The summed E-state index contributed by atoms with van der Waals surface area (Å²) in [4.78, 5) is 4.58. The van der Waals surface area contributed by atoms with Crippen LogP contribution in [0.3, 0.4) is 0 Å². The number of nitrogens with zero attached hydrogens (tertiary/aromatic N) is 1. The Morgan fingerprint density at radius 3 is 1.44 bits per heavy atom. The molecule has 0 saturated carbocycles. The first kappa shape index (κ1) is 26.6. The molecule has 0 fully saturated rings. The second-order valence-corrected chi connectivity index (χ2v) is 12.6. The largest absolute Gasteiger partial charge is 0.256 e. The molecule has 0 aliphatic carbocycles. The molecular formula is C38H39N. The Morgan fingerprint density at radius 1 is 0.462 bits per heavy atom. The number of hydrogen-bond acceptors (Lipinski definition) is 1. The summed E-state index contributed by atoms with van der Waals surface area (Å²) in [7, 11) is 0. The number of pyridine rings is 1. The highest BCUT2D eigenvalue weighted by Gasteiger charge is 2.17. The lowest BCUT2D eigenvalue weighted by molar-refractivity contribution is 0.590. The fraction of sp³-hybridized carbons (Fsp3) is 0.237. The predicted octanol–water partition coefficient (Wildman–Crippen LogP) is 10.7. The zero-order chi connectivity index (χ0) is 27.8. The van der Waals surface area contributed by atoms with E-state index in [9.17, 15) is 0 Å². The molecular weight excluding hydrogens is 470 g/mol. The maximum Gasteiger partial charge on any atom is 0.0702 e. The van der Waals surface area contributed by atoms with Crippen LogP contribution >= 0.6 is 0 Å². The summed E-state index contributed by atoms with van der Waals surface area (Å²) in [6.45, 7) is 15.9. The van der Waals surface area contributed by atoms with Crippen LogP contribution in [0.1, 0.15) is 58.2 Å². The molecule has 0 spiro atoms. The molecule has 0 unspecified atom stereocenters. The molecule has 5 rings (SSSR count). The lowest BCUT2D eigenvalue weighted by atomic mass is 9.83. The van der Waals surface area contributed by atoms with Crippen LogP contribution in [0.4, 0.5) is 0 Å². The van der Waals surface area contributed by atoms with Crippen molar-refractivity contribution < 1.29 is 0 Å². The van der Waals surface area contributed by atoms with Crippen LogP contribution in [-0.2, 0) is 10.8 Å². The monoisotopic (exact) mass is 509 g/mol. The Labute approximate surface area is 234 Å². The van der Waals surface area contributed by atoms with Gasteiger partial charge in [0.25, 0.3) is 0 Å². The highest BCUT2D eigenvalue weighted by Crippen LogP contribution is 2.39. The van der Waals surface area contributed by atoms with Gasteiger partial charge in [-0.15, -0.1) is 0 Å². The SMILES string of the molecule is Cc1c(-c2ccc(C(C)(C)C)cc2)cc(-c2cccc(-c3ccccn3)c2)cc1-c1ccc(C(C)(C)C)cc1. The van der Waals surface area contributed by atoms with E-state index >= 15 is 0 Å². The van der Waals surface area contributed by atoms with E-state index in [1.54, 1.807) is 0 Å². The minimum atomic E-state index is 0.126. The Balaban J connectivity index is 1.68. The fourth-order valence-corrected chi connectivity index (χ4v) is 5.17. The van der Waals surface area contributed by atoms with Gasteiger partial charge < -0.3 is 0 Å². The topological polar surface area (TPSA) is 12.9 Å². The minimum absolute atomic E-state index is 0.126. The van der Waals surface area contributed by atoms with E-state index in [-0.39, 0.29) is 10.8 Å². The van der Waals surface area contributed by atoms with Crippen molar-refractivity contribution in [3.05, 3.63) is 126 Å². The van der Waals surface area contributed by atoms with Gasteiger partial charge in [-0.3, -0.25) is 4.98 Å². The van der Waals surface area contributed by atoms with Crippen LogP contribution in [0.2, 0.25) is 0 Å². The molecule has 0 N–H and O–H groups in total. The third kappa shape index (κ3) is 5.73. The first-order valence-electron chi connectivity index (χ1n) is 13.9. The number of aromatic nitrogens is 1. The number of benzene rings is 4. The van der Waals surface area contributed by atoms with Crippen molar-refractivity contribution in [3.63, 3.8) is 0 Å². The standard InChI is InChI=1S/C38H39N/c1-26-34(27-14-18-32(19-15-27)37(2,3)4)24-31(25-35(26)28-16-20-33(21-17-28)38(5,6)7)29-11-10-12-30(23-29)36-13-8-9-22-39-36/h8-25H,1-7H3. The van der Waals surface area contributed by atoms with Crippen molar-refractivity contribution in [1.82, 2.24) is 4.98 Å². The van der Waals surface area contributed by atoms with Crippen molar-refractivity contribution in [2.24, 2.45) is 0 Å². The van der Waals surface area contributed by atoms with Gasteiger partial charge in [-0.1, -0.05) is 114 Å². The second-order valence-electron chi connectivity index (χ2n) is 12.6. The van der Waals surface area contributed by atoms with Gasteiger partial charge in [0.2, 0.25) is 0 Å². The molecule has 5 aromatic rings. The van der Waals surface area contributed by atoms with Crippen LogP contribution in [0.15, 0.2) is 109 Å². The summed E-state index contributed by atoms with van der Waals surface area (Å²) in [5.74, 6) is 0. The molecule has 1 heteroatoms. The Kier molecular flexibility index (Phi) is 7.03. The smallest absolute Gasteiger partial charge is 0.0702 e. The summed E-state index contributed by atoms with van der Waals surface area (Å²) in [6, 6.07) is 37.7. The second kappa shape index (κ2) is 10.3.